The second kappa shape index (κ2) is 6.05. The van der Waals surface area contributed by atoms with Crippen LogP contribution >= 0.6 is 0 Å². The Morgan fingerprint density at radius 2 is 1.77 bits per heavy atom. The van der Waals surface area contributed by atoms with Gasteiger partial charge in [-0.2, -0.15) is 0 Å². The number of hydrogen-bond donors (Lipinski definition) is 0. The van der Waals surface area contributed by atoms with Gasteiger partial charge in [0.2, 0.25) is 0 Å². The third-order valence-corrected chi connectivity index (χ3v) is 2.78. The molecule has 0 saturated heterocycles. The van der Waals surface area contributed by atoms with E-state index in [0.29, 0.717) is 0 Å². The highest BCUT2D eigenvalue weighted by atomic mass is 19.4. The van der Waals surface area contributed by atoms with Gasteiger partial charge in [-0.25, -0.2) is 9.18 Å². The average molecular weight is 314 g/mol. The van der Waals surface area contributed by atoms with Crippen molar-refractivity contribution in [2.45, 2.75) is 6.36 Å². The van der Waals surface area contributed by atoms with Crippen molar-refractivity contribution >= 4 is 5.97 Å². The highest BCUT2D eigenvalue weighted by molar-refractivity contribution is 5.91. The van der Waals surface area contributed by atoms with Gasteiger partial charge in [0.25, 0.3) is 0 Å². The van der Waals surface area contributed by atoms with Crippen LogP contribution in [0.4, 0.5) is 17.6 Å². The molecular formula is C15H10F4O3. The molecule has 0 aromatic heterocycles. The Balaban J connectivity index is 2.44. The molecule has 0 amide bonds. The molecule has 2 aromatic rings. The largest absolute Gasteiger partial charge is 0.573 e. The van der Waals surface area contributed by atoms with Crippen LogP contribution in [0.2, 0.25) is 0 Å². The lowest BCUT2D eigenvalue weighted by atomic mass is 10.0. The number of methoxy groups -OCH3 is 1. The van der Waals surface area contributed by atoms with Gasteiger partial charge in [-0.1, -0.05) is 24.3 Å². The monoisotopic (exact) mass is 314 g/mol. The summed E-state index contributed by atoms with van der Waals surface area (Å²) >= 11 is 0. The van der Waals surface area contributed by atoms with Gasteiger partial charge in [0.15, 0.2) is 0 Å². The third kappa shape index (κ3) is 3.55. The molecule has 0 N–H and O–H groups in total. The van der Waals surface area contributed by atoms with Gasteiger partial charge in [0.1, 0.15) is 11.6 Å². The highest BCUT2D eigenvalue weighted by Gasteiger charge is 2.31. The lowest BCUT2D eigenvalue weighted by Crippen LogP contribution is -2.17. The Morgan fingerprint density at radius 3 is 2.41 bits per heavy atom. The first-order chi connectivity index (χ1) is 10.3. The van der Waals surface area contributed by atoms with E-state index in [1.54, 1.807) is 0 Å². The molecule has 116 valence electrons. The van der Waals surface area contributed by atoms with Crippen molar-refractivity contribution in [1.82, 2.24) is 0 Å². The first kappa shape index (κ1) is 15.8. The Labute approximate surface area is 123 Å². The molecule has 0 saturated carbocycles. The molecule has 2 aromatic carbocycles. The first-order valence-corrected chi connectivity index (χ1v) is 6.05. The van der Waals surface area contributed by atoms with Gasteiger partial charge in [-0.05, 0) is 23.8 Å². The van der Waals surface area contributed by atoms with Gasteiger partial charge in [-0.15, -0.1) is 13.2 Å². The van der Waals surface area contributed by atoms with E-state index in [1.807, 2.05) is 0 Å². The second-order valence-corrected chi connectivity index (χ2v) is 4.23. The van der Waals surface area contributed by atoms with Crippen molar-refractivity contribution in [2.75, 3.05) is 7.11 Å². The average Bonchev–Trinajstić information content (AvgIpc) is 2.45. The summed E-state index contributed by atoms with van der Waals surface area (Å²) in [4.78, 5) is 11.4. The maximum atomic E-state index is 14.3. The molecule has 2 rings (SSSR count). The fourth-order valence-electron chi connectivity index (χ4n) is 1.88. The molecule has 0 unspecified atom stereocenters. The van der Waals surface area contributed by atoms with E-state index in [-0.39, 0.29) is 16.7 Å². The maximum Gasteiger partial charge on any atom is 0.573 e. The Morgan fingerprint density at radius 1 is 1.09 bits per heavy atom. The van der Waals surface area contributed by atoms with Crippen molar-refractivity contribution in [3.8, 4) is 16.9 Å². The molecule has 0 aliphatic heterocycles. The Bertz CT molecular complexity index is 695. The molecule has 0 heterocycles. The second-order valence-electron chi connectivity index (χ2n) is 4.23. The number of carbonyl (C=O) groups is 1. The summed E-state index contributed by atoms with van der Waals surface area (Å²) < 4.78 is 59.2. The zero-order valence-electron chi connectivity index (χ0n) is 11.3. The van der Waals surface area contributed by atoms with Crippen LogP contribution in [0, 0.1) is 5.82 Å². The molecular weight excluding hydrogens is 304 g/mol. The lowest BCUT2D eigenvalue weighted by Gasteiger charge is -2.11. The van der Waals surface area contributed by atoms with Gasteiger partial charge < -0.3 is 9.47 Å². The van der Waals surface area contributed by atoms with E-state index < -0.39 is 23.9 Å². The Hall–Kier alpha value is -2.57. The maximum absolute atomic E-state index is 14.3. The van der Waals surface area contributed by atoms with Crippen molar-refractivity contribution in [2.24, 2.45) is 0 Å². The number of hydrogen-bond acceptors (Lipinski definition) is 3. The predicted octanol–water partition coefficient (Wildman–Crippen LogP) is 4.18. The van der Waals surface area contributed by atoms with E-state index in [9.17, 15) is 22.4 Å². The smallest absolute Gasteiger partial charge is 0.465 e. The van der Waals surface area contributed by atoms with Gasteiger partial charge in [0, 0.05) is 5.56 Å². The van der Waals surface area contributed by atoms with Crippen LogP contribution in [0.15, 0.2) is 42.5 Å². The zero-order chi connectivity index (χ0) is 16.3. The molecule has 0 bridgehead atoms. The molecule has 7 heteroatoms. The number of benzene rings is 2. The van der Waals surface area contributed by atoms with Crippen molar-refractivity contribution in [1.29, 1.82) is 0 Å². The molecule has 0 atom stereocenters. The molecule has 0 fully saturated rings. The molecule has 0 spiro atoms. The normalized spacial score (nSPS) is 11.1. The summed E-state index contributed by atoms with van der Waals surface area (Å²) in [6, 6.07) is 8.80. The quantitative estimate of drug-likeness (QED) is 0.630. The van der Waals surface area contributed by atoms with E-state index in [2.05, 4.69) is 9.47 Å². The summed E-state index contributed by atoms with van der Waals surface area (Å²) in [5.74, 6) is -2.23. The van der Waals surface area contributed by atoms with Gasteiger partial charge >= 0.3 is 12.3 Å². The van der Waals surface area contributed by atoms with E-state index in [0.717, 1.165) is 19.2 Å². The molecule has 0 radical (unpaired) electrons. The van der Waals surface area contributed by atoms with Gasteiger partial charge in [-0.3, -0.25) is 0 Å². The zero-order valence-corrected chi connectivity index (χ0v) is 11.3. The van der Waals surface area contributed by atoms with Crippen molar-refractivity contribution < 1.29 is 31.8 Å². The van der Waals surface area contributed by atoms with E-state index in [4.69, 9.17) is 0 Å². The number of ether oxygens (including phenoxy) is 2. The summed E-state index contributed by atoms with van der Waals surface area (Å²) in [6.07, 6.45) is -4.84. The van der Waals surface area contributed by atoms with Crippen molar-refractivity contribution in [3.63, 3.8) is 0 Å². The minimum atomic E-state index is -4.84. The number of alkyl halides is 3. The lowest BCUT2D eigenvalue weighted by molar-refractivity contribution is -0.274. The standard InChI is InChI=1S/C15H10F4O3/c1-21-14(20)12-7-3-6-11(13(12)16)9-4-2-5-10(8-9)22-15(17,18)19/h2-8H,1H3. The summed E-state index contributed by atoms with van der Waals surface area (Å²) in [5, 5.41) is 0. The van der Waals surface area contributed by atoms with Crippen LogP contribution in [0.1, 0.15) is 10.4 Å². The number of halogens is 4. The Kier molecular flexibility index (Phi) is 4.35. The first-order valence-electron chi connectivity index (χ1n) is 6.05. The number of rotatable bonds is 3. The topological polar surface area (TPSA) is 35.5 Å². The summed E-state index contributed by atoms with van der Waals surface area (Å²) in [6.45, 7) is 0. The number of esters is 1. The van der Waals surface area contributed by atoms with Gasteiger partial charge in [0.05, 0.1) is 12.7 Å². The van der Waals surface area contributed by atoms with Crippen LogP contribution in [0.25, 0.3) is 11.1 Å². The summed E-state index contributed by atoms with van der Waals surface area (Å²) in [7, 11) is 1.10. The third-order valence-electron chi connectivity index (χ3n) is 2.78. The van der Waals surface area contributed by atoms with Crippen LogP contribution in [0.5, 0.6) is 5.75 Å². The fourth-order valence-corrected chi connectivity index (χ4v) is 1.88. The molecule has 0 aliphatic carbocycles. The molecule has 22 heavy (non-hydrogen) atoms. The van der Waals surface area contributed by atoms with Crippen LogP contribution < -0.4 is 4.74 Å². The number of carbonyl (C=O) groups excluding carboxylic acids is 1. The minimum absolute atomic E-state index is 0.0319. The highest BCUT2D eigenvalue weighted by Crippen LogP contribution is 2.30. The van der Waals surface area contributed by atoms with E-state index >= 15 is 0 Å². The van der Waals surface area contributed by atoms with E-state index in [1.165, 1.54) is 30.3 Å². The van der Waals surface area contributed by atoms with Crippen LogP contribution in [0.3, 0.4) is 0 Å². The predicted molar refractivity (Wildman–Crippen MR) is 69.9 cm³/mol. The SMILES string of the molecule is COC(=O)c1cccc(-c2cccc(OC(F)(F)F)c2)c1F. The fraction of sp³-hybridized carbons (Fsp3) is 0.133. The molecule has 0 aliphatic rings. The van der Waals surface area contributed by atoms with Crippen LogP contribution in [-0.2, 0) is 4.74 Å². The molecule has 3 nitrogen and oxygen atoms in total. The van der Waals surface area contributed by atoms with Crippen LogP contribution in [-0.4, -0.2) is 19.4 Å². The summed E-state index contributed by atoms with van der Waals surface area (Å²) in [5.41, 5.74) is -0.192. The minimum Gasteiger partial charge on any atom is -0.465 e. The van der Waals surface area contributed by atoms with Crippen molar-refractivity contribution in [3.05, 3.63) is 53.8 Å².